The zero-order valence-electron chi connectivity index (χ0n) is 16.9. The van der Waals surface area contributed by atoms with Crippen LogP contribution in [-0.2, 0) is 17.9 Å². The highest BCUT2D eigenvalue weighted by Gasteiger charge is 2.12. The van der Waals surface area contributed by atoms with Gasteiger partial charge in [-0.25, -0.2) is 0 Å². The van der Waals surface area contributed by atoms with Crippen molar-refractivity contribution in [3.8, 4) is 11.5 Å². The predicted molar refractivity (Wildman–Crippen MR) is 121 cm³/mol. The number of amides is 1. The number of nitrogens with one attached hydrogen (secondary N) is 2. The van der Waals surface area contributed by atoms with Gasteiger partial charge in [-0.2, -0.15) is 0 Å². The molecule has 0 aliphatic rings. The number of rotatable bonds is 9. The lowest BCUT2D eigenvalue weighted by Crippen LogP contribution is -2.20. The summed E-state index contributed by atoms with van der Waals surface area (Å²) in [7, 11) is 1.58. The molecule has 1 amide bonds. The summed E-state index contributed by atoms with van der Waals surface area (Å²) >= 11 is 3.57. The van der Waals surface area contributed by atoms with Crippen molar-refractivity contribution in [3.05, 3.63) is 82.1 Å². The van der Waals surface area contributed by atoms with Crippen LogP contribution in [0.1, 0.15) is 16.8 Å². The maximum Gasteiger partial charge on any atom is 0.262 e. The fraction of sp³-hybridized carbons (Fsp3) is 0.217. The van der Waals surface area contributed by atoms with Crippen LogP contribution < -0.4 is 20.1 Å². The molecule has 0 unspecified atom stereocenters. The van der Waals surface area contributed by atoms with Crippen LogP contribution >= 0.6 is 15.9 Å². The standard InChI is InChI=1S/C23H24BrN3O3/c1-16-6-8-18(9-7-16)27-23(28)15-30-22-12-20(24)17(11-21(22)29-2)13-25-14-19-5-3-4-10-26-19/h3-12,25H,13-15H2,1-2H3,(H,27,28). The maximum atomic E-state index is 12.2. The molecule has 0 spiro atoms. The fourth-order valence-corrected chi connectivity index (χ4v) is 3.25. The Kier molecular flexibility index (Phi) is 7.82. The van der Waals surface area contributed by atoms with E-state index in [1.807, 2.05) is 61.5 Å². The number of aromatic nitrogens is 1. The van der Waals surface area contributed by atoms with E-state index in [-0.39, 0.29) is 12.5 Å². The average Bonchev–Trinajstić information content (AvgIpc) is 2.76. The molecule has 2 aromatic carbocycles. The number of anilines is 1. The quantitative estimate of drug-likeness (QED) is 0.483. The molecule has 0 aliphatic heterocycles. The number of pyridine rings is 1. The van der Waals surface area contributed by atoms with E-state index in [9.17, 15) is 4.79 Å². The number of nitrogens with zero attached hydrogens (tertiary/aromatic N) is 1. The molecule has 3 aromatic rings. The SMILES string of the molecule is COc1cc(CNCc2ccccn2)c(Br)cc1OCC(=O)Nc1ccc(C)cc1. The Balaban J connectivity index is 1.57. The van der Waals surface area contributed by atoms with Crippen molar-refractivity contribution in [1.82, 2.24) is 10.3 Å². The van der Waals surface area contributed by atoms with Crippen LogP contribution in [-0.4, -0.2) is 24.6 Å². The minimum atomic E-state index is -0.238. The Labute approximate surface area is 184 Å². The van der Waals surface area contributed by atoms with E-state index in [1.165, 1.54) is 0 Å². The Morgan fingerprint density at radius 2 is 1.87 bits per heavy atom. The van der Waals surface area contributed by atoms with Crippen molar-refractivity contribution in [2.75, 3.05) is 19.0 Å². The zero-order valence-corrected chi connectivity index (χ0v) is 18.5. The Morgan fingerprint density at radius 3 is 2.57 bits per heavy atom. The molecule has 0 radical (unpaired) electrons. The summed E-state index contributed by atoms with van der Waals surface area (Å²) in [6.45, 7) is 3.17. The van der Waals surface area contributed by atoms with Crippen LogP contribution in [0.3, 0.4) is 0 Å². The summed E-state index contributed by atoms with van der Waals surface area (Å²) in [5.74, 6) is 0.825. The van der Waals surface area contributed by atoms with E-state index in [1.54, 1.807) is 13.3 Å². The van der Waals surface area contributed by atoms with Crippen molar-refractivity contribution < 1.29 is 14.3 Å². The first-order valence-corrected chi connectivity index (χ1v) is 10.3. The van der Waals surface area contributed by atoms with Gasteiger partial charge in [-0.1, -0.05) is 39.7 Å². The molecule has 0 bridgehead atoms. The highest BCUT2D eigenvalue weighted by atomic mass is 79.9. The molecule has 0 atom stereocenters. The van der Waals surface area contributed by atoms with Crippen LogP contribution in [0.2, 0.25) is 0 Å². The van der Waals surface area contributed by atoms with Gasteiger partial charge in [0.2, 0.25) is 0 Å². The third-order valence-corrected chi connectivity index (χ3v) is 5.11. The lowest BCUT2D eigenvalue weighted by atomic mass is 10.2. The van der Waals surface area contributed by atoms with E-state index < -0.39 is 0 Å². The van der Waals surface area contributed by atoms with E-state index >= 15 is 0 Å². The molecule has 30 heavy (non-hydrogen) atoms. The van der Waals surface area contributed by atoms with E-state index in [0.29, 0.717) is 24.6 Å². The van der Waals surface area contributed by atoms with E-state index in [0.717, 1.165) is 27.0 Å². The second kappa shape index (κ2) is 10.8. The minimum Gasteiger partial charge on any atom is -0.493 e. The summed E-state index contributed by atoms with van der Waals surface area (Å²) in [5.41, 5.74) is 3.85. The summed E-state index contributed by atoms with van der Waals surface area (Å²) in [4.78, 5) is 16.5. The molecule has 0 fully saturated rings. The first kappa shape index (κ1) is 21.8. The largest absolute Gasteiger partial charge is 0.493 e. The van der Waals surface area contributed by atoms with E-state index in [2.05, 4.69) is 31.5 Å². The van der Waals surface area contributed by atoms with Gasteiger partial charge in [-0.15, -0.1) is 0 Å². The molecule has 1 aromatic heterocycles. The highest BCUT2D eigenvalue weighted by molar-refractivity contribution is 9.10. The number of halogens is 1. The molecule has 156 valence electrons. The van der Waals surface area contributed by atoms with Crippen molar-refractivity contribution in [3.63, 3.8) is 0 Å². The zero-order chi connectivity index (χ0) is 21.3. The molecule has 3 rings (SSSR count). The molecule has 6 nitrogen and oxygen atoms in total. The van der Waals surface area contributed by atoms with Crippen LogP contribution in [0.25, 0.3) is 0 Å². The monoisotopic (exact) mass is 469 g/mol. The lowest BCUT2D eigenvalue weighted by Gasteiger charge is -2.14. The second-order valence-electron chi connectivity index (χ2n) is 6.72. The van der Waals surface area contributed by atoms with Crippen LogP contribution in [0, 0.1) is 6.92 Å². The minimum absolute atomic E-state index is 0.117. The van der Waals surface area contributed by atoms with Crippen molar-refractivity contribution in [2.24, 2.45) is 0 Å². The average molecular weight is 470 g/mol. The van der Waals surface area contributed by atoms with Gasteiger partial charge < -0.3 is 20.1 Å². The van der Waals surface area contributed by atoms with Crippen molar-refractivity contribution in [1.29, 1.82) is 0 Å². The number of methoxy groups -OCH3 is 1. The lowest BCUT2D eigenvalue weighted by molar-refractivity contribution is -0.118. The number of hydrogen-bond acceptors (Lipinski definition) is 5. The number of carbonyl (C=O) groups is 1. The van der Waals surface area contributed by atoms with Crippen LogP contribution in [0.4, 0.5) is 5.69 Å². The Morgan fingerprint density at radius 1 is 1.07 bits per heavy atom. The maximum absolute atomic E-state index is 12.2. The third-order valence-electron chi connectivity index (χ3n) is 4.37. The molecule has 0 saturated carbocycles. The van der Waals surface area contributed by atoms with Crippen LogP contribution in [0.15, 0.2) is 65.3 Å². The van der Waals surface area contributed by atoms with Crippen molar-refractivity contribution >= 4 is 27.5 Å². The first-order valence-electron chi connectivity index (χ1n) is 9.51. The molecular formula is C23H24BrN3O3. The first-order chi connectivity index (χ1) is 14.5. The number of carbonyl (C=O) groups excluding carboxylic acids is 1. The van der Waals surface area contributed by atoms with Crippen molar-refractivity contribution in [2.45, 2.75) is 20.0 Å². The van der Waals surface area contributed by atoms with Crippen LogP contribution in [0.5, 0.6) is 11.5 Å². The van der Waals surface area contributed by atoms with Gasteiger partial charge in [0.1, 0.15) is 0 Å². The summed E-state index contributed by atoms with van der Waals surface area (Å²) < 4.78 is 12.0. The topological polar surface area (TPSA) is 72.5 Å². The number of hydrogen-bond donors (Lipinski definition) is 2. The van der Waals surface area contributed by atoms with Gasteiger partial charge in [-0.3, -0.25) is 9.78 Å². The van der Waals surface area contributed by atoms with Gasteiger partial charge in [0.15, 0.2) is 18.1 Å². The highest BCUT2D eigenvalue weighted by Crippen LogP contribution is 2.33. The normalized spacial score (nSPS) is 10.5. The molecule has 0 saturated heterocycles. The third kappa shape index (κ3) is 6.30. The number of aryl methyl sites for hydroxylation is 1. The molecule has 2 N–H and O–H groups in total. The Bertz CT molecular complexity index is 979. The van der Waals surface area contributed by atoms with Gasteiger partial charge in [0, 0.05) is 29.4 Å². The molecule has 7 heteroatoms. The number of benzene rings is 2. The number of ether oxygens (including phenoxy) is 2. The molecule has 1 heterocycles. The smallest absolute Gasteiger partial charge is 0.262 e. The summed E-state index contributed by atoms with van der Waals surface area (Å²) in [6, 6.07) is 17.1. The summed E-state index contributed by atoms with van der Waals surface area (Å²) in [5, 5.41) is 6.17. The molecular weight excluding hydrogens is 446 g/mol. The Hall–Kier alpha value is -2.90. The van der Waals surface area contributed by atoms with Gasteiger partial charge in [0.05, 0.1) is 12.8 Å². The van der Waals surface area contributed by atoms with Gasteiger partial charge in [-0.05, 0) is 48.9 Å². The predicted octanol–water partition coefficient (Wildman–Crippen LogP) is 4.47. The molecule has 0 aliphatic carbocycles. The van der Waals surface area contributed by atoms with Gasteiger partial charge in [0.25, 0.3) is 5.91 Å². The second-order valence-corrected chi connectivity index (χ2v) is 7.58. The van der Waals surface area contributed by atoms with Gasteiger partial charge >= 0.3 is 0 Å². The fourth-order valence-electron chi connectivity index (χ4n) is 2.79. The summed E-state index contributed by atoms with van der Waals surface area (Å²) in [6.07, 6.45) is 1.77. The van der Waals surface area contributed by atoms with E-state index in [4.69, 9.17) is 9.47 Å².